The Balaban J connectivity index is 1.70. The summed E-state index contributed by atoms with van der Waals surface area (Å²) in [6, 6.07) is 14.3. The molecule has 0 unspecified atom stereocenters. The fourth-order valence-corrected chi connectivity index (χ4v) is 3.70. The fourth-order valence-electron chi connectivity index (χ4n) is 3.08. The molecule has 3 N–H and O–H groups in total. The zero-order valence-electron chi connectivity index (χ0n) is 16.2. The maximum atomic E-state index is 12.5. The minimum absolute atomic E-state index is 0.0351. The number of hydrogen-bond donors (Lipinski definition) is 3. The van der Waals surface area contributed by atoms with Crippen LogP contribution >= 0.6 is 0 Å². The molecular weight excluding hydrogens is 391 g/mol. The Morgan fingerprint density at radius 3 is 2.69 bits per heavy atom. The number of nitrogens with zero attached hydrogens (tertiary/aromatic N) is 1. The molecule has 1 amide bonds. The Morgan fingerprint density at radius 1 is 1.21 bits per heavy atom. The van der Waals surface area contributed by atoms with Gasteiger partial charge in [0.2, 0.25) is 5.91 Å². The Morgan fingerprint density at radius 2 is 1.97 bits per heavy atom. The van der Waals surface area contributed by atoms with E-state index >= 15 is 0 Å². The topological polar surface area (TPSA) is 112 Å². The van der Waals surface area contributed by atoms with Crippen LogP contribution in [0.5, 0.6) is 0 Å². The molecule has 0 fully saturated rings. The first-order valence-corrected chi connectivity index (χ1v) is 11.4. The highest BCUT2D eigenvalue weighted by atomic mass is 32.2. The number of furan rings is 1. The molecule has 3 rings (SSSR count). The molecule has 0 saturated heterocycles. The van der Waals surface area contributed by atoms with E-state index in [4.69, 9.17) is 4.42 Å². The summed E-state index contributed by atoms with van der Waals surface area (Å²) < 4.78 is 21.5. The SMILES string of the molecule is CS(C)(=O)=Nc1cccc(CC(=O)N[C@@H](Cc2coc3ccccc23)B(O)O)c1. The van der Waals surface area contributed by atoms with Gasteiger partial charge in [0.05, 0.1) is 24.3 Å². The van der Waals surface area contributed by atoms with E-state index in [1.54, 1.807) is 43.0 Å². The van der Waals surface area contributed by atoms with Crippen molar-refractivity contribution in [3.63, 3.8) is 0 Å². The molecule has 152 valence electrons. The molecule has 1 aromatic heterocycles. The Hall–Kier alpha value is -2.62. The van der Waals surface area contributed by atoms with Crippen molar-refractivity contribution in [2.75, 3.05) is 12.5 Å². The van der Waals surface area contributed by atoms with Crippen molar-refractivity contribution in [2.45, 2.75) is 18.8 Å². The standard InChI is InChI=1S/C20H23BN2O5S/c1-29(2,27)23-16-7-5-6-14(10-16)11-20(24)22-19(21(25)26)12-15-13-28-18-9-4-3-8-17(15)18/h3-10,13,19,25-26H,11-12H2,1-2H3,(H,22,24)/t19-/m0/s1. The van der Waals surface area contributed by atoms with Gasteiger partial charge < -0.3 is 19.8 Å². The van der Waals surface area contributed by atoms with E-state index in [1.807, 2.05) is 24.3 Å². The van der Waals surface area contributed by atoms with Gasteiger partial charge in [0.25, 0.3) is 0 Å². The zero-order chi connectivity index (χ0) is 21.0. The van der Waals surface area contributed by atoms with Gasteiger partial charge in [-0.2, -0.15) is 4.36 Å². The van der Waals surface area contributed by atoms with Crippen LogP contribution in [0.4, 0.5) is 5.69 Å². The highest BCUT2D eigenvalue weighted by Crippen LogP contribution is 2.22. The van der Waals surface area contributed by atoms with Gasteiger partial charge in [-0.3, -0.25) is 4.79 Å². The Labute approximate surface area is 170 Å². The average Bonchev–Trinajstić information content (AvgIpc) is 3.03. The summed E-state index contributed by atoms with van der Waals surface area (Å²) in [6.45, 7) is 0. The number of rotatable bonds is 7. The number of amides is 1. The van der Waals surface area contributed by atoms with Gasteiger partial charge in [0, 0.05) is 27.6 Å². The summed E-state index contributed by atoms with van der Waals surface area (Å²) in [4.78, 5) is 12.5. The fraction of sp³-hybridized carbons (Fsp3) is 0.250. The zero-order valence-corrected chi connectivity index (χ0v) is 17.1. The molecular formula is C20H23BN2O5S. The van der Waals surface area contributed by atoms with Gasteiger partial charge in [0.15, 0.2) is 0 Å². The molecule has 9 heteroatoms. The lowest BCUT2D eigenvalue weighted by molar-refractivity contribution is -0.120. The Kier molecular flexibility index (Phi) is 6.41. The maximum absolute atomic E-state index is 12.5. The molecule has 0 aliphatic carbocycles. The van der Waals surface area contributed by atoms with Gasteiger partial charge in [-0.05, 0) is 35.7 Å². The average molecular weight is 414 g/mol. The van der Waals surface area contributed by atoms with Crippen LogP contribution in [0.3, 0.4) is 0 Å². The van der Waals surface area contributed by atoms with Crippen LogP contribution in [0.15, 0.2) is 63.6 Å². The first kappa shape index (κ1) is 21.1. The number of benzene rings is 2. The van der Waals surface area contributed by atoms with Crippen molar-refractivity contribution < 1.29 is 23.5 Å². The number of hydrogen-bond acceptors (Lipinski definition) is 6. The number of carbonyl (C=O) groups excluding carboxylic acids is 1. The molecule has 29 heavy (non-hydrogen) atoms. The number of nitrogens with one attached hydrogen (secondary N) is 1. The largest absolute Gasteiger partial charge is 0.475 e. The van der Waals surface area contributed by atoms with E-state index in [9.17, 15) is 19.1 Å². The van der Waals surface area contributed by atoms with Gasteiger partial charge >= 0.3 is 7.12 Å². The second-order valence-electron chi connectivity index (χ2n) is 7.17. The summed E-state index contributed by atoms with van der Waals surface area (Å²) in [5.74, 6) is -1.25. The summed E-state index contributed by atoms with van der Waals surface area (Å²) in [6.07, 6.45) is 4.89. The molecule has 0 spiro atoms. The van der Waals surface area contributed by atoms with E-state index in [0.717, 1.165) is 10.9 Å². The molecule has 0 aliphatic heterocycles. The van der Waals surface area contributed by atoms with Gasteiger partial charge in [0.1, 0.15) is 5.58 Å². The number of fused-ring (bicyclic) bond motifs is 1. The first-order chi connectivity index (χ1) is 13.7. The molecule has 7 nitrogen and oxygen atoms in total. The molecule has 0 aliphatic rings. The Bertz CT molecular complexity index is 1130. The molecule has 0 bridgehead atoms. The third kappa shape index (κ3) is 5.93. The lowest BCUT2D eigenvalue weighted by atomic mass is 9.75. The maximum Gasteiger partial charge on any atom is 0.475 e. The van der Waals surface area contributed by atoms with Crippen LogP contribution in [-0.2, 0) is 27.4 Å². The van der Waals surface area contributed by atoms with E-state index in [0.29, 0.717) is 16.8 Å². The quantitative estimate of drug-likeness (QED) is 0.513. The highest BCUT2D eigenvalue weighted by Gasteiger charge is 2.27. The predicted octanol–water partition coefficient (Wildman–Crippen LogP) is 2.07. The molecule has 0 saturated carbocycles. The van der Waals surface area contributed by atoms with Crippen LogP contribution in [-0.4, -0.2) is 45.7 Å². The minimum Gasteiger partial charge on any atom is -0.464 e. The van der Waals surface area contributed by atoms with Crippen LogP contribution in [0.25, 0.3) is 11.0 Å². The summed E-state index contributed by atoms with van der Waals surface area (Å²) in [5, 5.41) is 23.0. The molecule has 2 aromatic carbocycles. The molecule has 3 aromatic rings. The lowest BCUT2D eigenvalue weighted by Crippen LogP contribution is -2.48. The van der Waals surface area contributed by atoms with Crippen LogP contribution < -0.4 is 5.32 Å². The second-order valence-corrected chi connectivity index (χ2v) is 9.71. The number of para-hydroxylation sites is 1. The van der Waals surface area contributed by atoms with Gasteiger partial charge in [-0.15, -0.1) is 0 Å². The predicted molar refractivity (Wildman–Crippen MR) is 114 cm³/mol. The second kappa shape index (κ2) is 8.81. The van der Waals surface area contributed by atoms with E-state index in [-0.39, 0.29) is 18.7 Å². The van der Waals surface area contributed by atoms with Crippen molar-refractivity contribution in [3.8, 4) is 0 Å². The van der Waals surface area contributed by atoms with Crippen LogP contribution in [0, 0.1) is 0 Å². The van der Waals surface area contributed by atoms with E-state index in [2.05, 4.69) is 9.68 Å². The smallest absolute Gasteiger partial charge is 0.464 e. The first-order valence-electron chi connectivity index (χ1n) is 9.08. The van der Waals surface area contributed by atoms with E-state index in [1.165, 1.54) is 0 Å². The van der Waals surface area contributed by atoms with Crippen LogP contribution in [0.2, 0.25) is 0 Å². The molecule has 0 radical (unpaired) electrons. The summed E-state index contributed by atoms with van der Waals surface area (Å²) >= 11 is 0. The molecule has 1 heterocycles. The van der Waals surface area contributed by atoms with Gasteiger partial charge in [-0.25, -0.2) is 4.21 Å². The van der Waals surface area contributed by atoms with Crippen molar-refractivity contribution in [2.24, 2.45) is 4.36 Å². The highest BCUT2D eigenvalue weighted by molar-refractivity contribution is 7.92. The van der Waals surface area contributed by atoms with Gasteiger partial charge in [-0.1, -0.05) is 30.3 Å². The molecule has 1 atom stereocenters. The van der Waals surface area contributed by atoms with Crippen molar-refractivity contribution >= 4 is 39.4 Å². The summed E-state index contributed by atoms with van der Waals surface area (Å²) in [7, 11) is -4.02. The normalized spacial score (nSPS) is 12.6. The third-order valence-corrected chi connectivity index (χ3v) is 4.96. The van der Waals surface area contributed by atoms with Crippen molar-refractivity contribution in [1.29, 1.82) is 0 Å². The minimum atomic E-state index is -2.30. The lowest BCUT2D eigenvalue weighted by Gasteiger charge is -2.17. The summed E-state index contributed by atoms with van der Waals surface area (Å²) in [5.41, 5.74) is 2.70. The third-order valence-electron chi connectivity index (χ3n) is 4.31. The van der Waals surface area contributed by atoms with Crippen molar-refractivity contribution in [3.05, 3.63) is 65.9 Å². The van der Waals surface area contributed by atoms with Crippen LogP contribution in [0.1, 0.15) is 11.1 Å². The van der Waals surface area contributed by atoms with E-state index < -0.39 is 22.8 Å². The monoisotopic (exact) mass is 414 g/mol. The van der Waals surface area contributed by atoms with Crippen molar-refractivity contribution in [1.82, 2.24) is 5.32 Å². The number of carbonyl (C=O) groups is 1.